The van der Waals surface area contributed by atoms with Crippen LogP contribution in [0.25, 0.3) is 0 Å². The van der Waals surface area contributed by atoms with Gasteiger partial charge in [-0.2, -0.15) is 0 Å². The SMILES string of the molecule is CC(C)OC(=O)[C@@H](C)NP(=O)(OC[C@H]1O[C@@H](n2ccc(=O)[nH]c2=O)[C@](C)(O)[C@@H]1O)SC[C@H]1NC(=O)NC1=O. The molecule has 0 radical (unpaired) electrons. The number of esters is 1. The van der Waals surface area contributed by atoms with Crippen LogP contribution in [-0.2, 0) is 28.2 Å². The molecule has 0 spiro atoms. The highest BCUT2D eigenvalue weighted by Crippen LogP contribution is 2.57. The van der Waals surface area contributed by atoms with Crippen molar-refractivity contribution in [3.63, 3.8) is 0 Å². The first-order valence-electron chi connectivity index (χ1n) is 11.5. The zero-order valence-electron chi connectivity index (χ0n) is 20.9. The maximum absolute atomic E-state index is 13.7. The summed E-state index contributed by atoms with van der Waals surface area (Å²) in [5.41, 5.74) is -3.60. The largest absolute Gasteiger partial charge is 0.462 e. The molecule has 2 saturated heterocycles. The monoisotopic (exact) mass is 579 g/mol. The number of amides is 3. The number of nitrogens with zero attached hydrogens (tertiary/aromatic N) is 1. The average molecular weight is 580 g/mol. The van der Waals surface area contributed by atoms with Crippen LogP contribution in [0.4, 0.5) is 4.79 Å². The minimum absolute atomic E-state index is 0.199. The summed E-state index contributed by atoms with van der Waals surface area (Å²) in [5, 5.41) is 28.5. The van der Waals surface area contributed by atoms with Gasteiger partial charge in [-0.1, -0.05) is 11.4 Å². The Kier molecular flexibility index (Phi) is 9.24. The molecule has 0 aromatic carbocycles. The number of nitrogens with one attached hydrogen (secondary N) is 4. The van der Waals surface area contributed by atoms with Gasteiger partial charge < -0.3 is 29.5 Å². The molecule has 6 N–H and O–H groups in total. The standard InChI is InChI=1S/C20H30N5O11PS/c1-9(2)35-16(29)10(3)24-37(33,38-8-11-15(28)23-18(30)21-11)34-7-12-14(27)20(4,32)17(36-12)25-6-5-13(26)22-19(25)31/h5-6,9-12,14,17,27,32H,7-8H2,1-4H3,(H,24,33)(H,22,26,31)(H2,21,23,28,30)/t10-,11-,12-,14-,17-,20-,37?/m1/s1. The first-order valence-corrected chi connectivity index (χ1v) is 14.7. The van der Waals surface area contributed by atoms with E-state index in [4.69, 9.17) is 14.0 Å². The number of imide groups is 1. The lowest BCUT2D eigenvalue weighted by atomic mass is 9.96. The molecule has 7 atom stereocenters. The lowest BCUT2D eigenvalue weighted by Gasteiger charge is -2.27. The molecule has 0 bridgehead atoms. The highest BCUT2D eigenvalue weighted by atomic mass is 32.7. The Morgan fingerprint density at radius 1 is 1.32 bits per heavy atom. The van der Waals surface area contributed by atoms with Crippen molar-refractivity contribution in [3.8, 4) is 0 Å². The van der Waals surface area contributed by atoms with E-state index in [0.29, 0.717) is 11.4 Å². The Morgan fingerprint density at radius 2 is 2.00 bits per heavy atom. The van der Waals surface area contributed by atoms with Crippen LogP contribution in [0.15, 0.2) is 21.9 Å². The fourth-order valence-corrected chi connectivity index (χ4v) is 7.51. The van der Waals surface area contributed by atoms with E-state index in [9.17, 15) is 38.8 Å². The number of ether oxygens (including phenoxy) is 2. The molecule has 1 unspecified atom stereocenters. The van der Waals surface area contributed by atoms with E-state index in [2.05, 4.69) is 10.4 Å². The second kappa shape index (κ2) is 11.7. The number of urea groups is 1. The van der Waals surface area contributed by atoms with Crippen LogP contribution < -0.4 is 27.0 Å². The molecular formula is C20H30N5O11PS. The Balaban J connectivity index is 1.76. The third-order valence-electron chi connectivity index (χ3n) is 5.59. The molecule has 2 fully saturated rings. The van der Waals surface area contributed by atoms with Crippen molar-refractivity contribution in [2.24, 2.45) is 0 Å². The number of carbonyl (C=O) groups excluding carboxylic acids is 3. The molecule has 0 aliphatic carbocycles. The lowest BCUT2D eigenvalue weighted by Crippen LogP contribution is -2.47. The summed E-state index contributed by atoms with van der Waals surface area (Å²) in [7, 11) is 0. The molecule has 3 heterocycles. The summed E-state index contributed by atoms with van der Waals surface area (Å²) in [5.74, 6) is -1.57. The van der Waals surface area contributed by atoms with E-state index in [1.165, 1.54) is 13.8 Å². The van der Waals surface area contributed by atoms with Crippen LogP contribution in [-0.4, -0.2) is 86.0 Å². The highest BCUT2D eigenvalue weighted by Gasteiger charge is 2.54. The smallest absolute Gasteiger partial charge is 0.330 e. The molecule has 38 heavy (non-hydrogen) atoms. The zero-order valence-corrected chi connectivity index (χ0v) is 22.6. The number of rotatable bonds is 11. The Hall–Kier alpha value is -2.53. The summed E-state index contributed by atoms with van der Waals surface area (Å²) in [6, 6.07) is -1.82. The summed E-state index contributed by atoms with van der Waals surface area (Å²) in [6.45, 7) is 1.21. The fourth-order valence-electron chi connectivity index (χ4n) is 3.65. The second-order valence-electron chi connectivity index (χ2n) is 9.16. The molecule has 1 aromatic rings. The van der Waals surface area contributed by atoms with Crippen molar-refractivity contribution < 1.29 is 43.2 Å². The Bertz CT molecular complexity index is 1230. The first kappa shape index (κ1) is 30.0. The second-order valence-corrected chi connectivity index (χ2v) is 13.5. The first-order chi connectivity index (χ1) is 17.6. The van der Waals surface area contributed by atoms with Crippen LogP contribution >= 0.6 is 18.1 Å². The maximum Gasteiger partial charge on any atom is 0.330 e. The topological polar surface area (TPSA) is 227 Å². The summed E-state index contributed by atoms with van der Waals surface area (Å²) in [4.78, 5) is 61.2. The minimum Gasteiger partial charge on any atom is -0.462 e. The molecule has 212 valence electrons. The van der Waals surface area contributed by atoms with E-state index in [1.54, 1.807) is 13.8 Å². The van der Waals surface area contributed by atoms with Gasteiger partial charge in [0.15, 0.2) is 6.23 Å². The normalized spacial score (nSPS) is 29.6. The predicted octanol–water partition coefficient (Wildman–Crippen LogP) is -1.46. The van der Waals surface area contributed by atoms with Gasteiger partial charge in [-0.05, 0) is 27.7 Å². The predicted molar refractivity (Wildman–Crippen MR) is 132 cm³/mol. The van der Waals surface area contributed by atoms with E-state index in [0.717, 1.165) is 16.8 Å². The van der Waals surface area contributed by atoms with E-state index >= 15 is 0 Å². The summed E-state index contributed by atoms with van der Waals surface area (Å²) >= 11 is 0.622. The molecule has 3 amide bonds. The van der Waals surface area contributed by atoms with E-state index < -0.39 is 84.7 Å². The van der Waals surface area contributed by atoms with Crippen LogP contribution in [0.5, 0.6) is 0 Å². The highest BCUT2D eigenvalue weighted by molar-refractivity contribution is 8.56. The average Bonchev–Trinajstić information content (AvgIpc) is 3.25. The Morgan fingerprint density at radius 3 is 2.58 bits per heavy atom. The molecule has 0 saturated carbocycles. The number of aromatic nitrogens is 2. The lowest BCUT2D eigenvalue weighted by molar-refractivity contribution is -0.149. The van der Waals surface area contributed by atoms with Gasteiger partial charge in [-0.25, -0.2) is 14.7 Å². The van der Waals surface area contributed by atoms with Crippen LogP contribution in [0.3, 0.4) is 0 Å². The number of aromatic amines is 1. The fraction of sp³-hybridized carbons (Fsp3) is 0.650. The van der Waals surface area contributed by atoms with Gasteiger partial charge >= 0.3 is 24.4 Å². The van der Waals surface area contributed by atoms with Crippen molar-refractivity contribution in [3.05, 3.63) is 33.1 Å². The van der Waals surface area contributed by atoms with Crippen LogP contribution in [0.1, 0.15) is 33.9 Å². The van der Waals surface area contributed by atoms with Gasteiger partial charge in [0.2, 0.25) is 0 Å². The van der Waals surface area contributed by atoms with Crippen molar-refractivity contribution in [2.75, 3.05) is 12.4 Å². The van der Waals surface area contributed by atoms with Crippen molar-refractivity contribution in [2.45, 2.75) is 69.9 Å². The Labute approximate surface area is 220 Å². The van der Waals surface area contributed by atoms with Crippen molar-refractivity contribution in [1.29, 1.82) is 0 Å². The van der Waals surface area contributed by atoms with Crippen LogP contribution in [0.2, 0.25) is 0 Å². The van der Waals surface area contributed by atoms with Gasteiger partial charge in [-0.3, -0.25) is 33.8 Å². The van der Waals surface area contributed by atoms with E-state index in [1.807, 2.05) is 10.3 Å². The molecule has 18 heteroatoms. The van der Waals surface area contributed by atoms with Gasteiger partial charge in [0.05, 0.1) is 12.7 Å². The summed E-state index contributed by atoms with van der Waals surface area (Å²) in [6.07, 6.45) is -3.74. The molecule has 2 aliphatic rings. The van der Waals surface area contributed by atoms with E-state index in [-0.39, 0.29) is 5.75 Å². The number of H-pyrrole nitrogens is 1. The van der Waals surface area contributed by atoms with Gasteiger partial charge in [0, 0.05) is 18.0 Å². The van der Waals surface area contributed by atoms with Gasteiger partial charge in [-0.15, -0.1) is 0 Å². The molecule has 3 rings (SSSR count). The number of aliphatic hydroxyl groups excluding tert-OH is 1. The number of carbonyl (C=O) groups is 3. The van der Waals surface area contributed by atoms with Gasteiger partial charge in [0.1, 0.15) is 29.9 Å². The number of hydrogen-bond donors (Lipinski definition) is 6. The van der Waals surface area contributed by atoms with Crippen molar-refractivity contribution >= 4 is 36.0 Å². The van der Waals surface area contributed by atoms with Gasteiger partial charge in [0.25, 0.3) is 11.5 Å². The molecule has 16 nitrogen and oxygen atoms in total. The maximum atomic E-state index is 13.7. The van der Waals surface area contributed by atoms with Crippen molar-refractivity contribution in [1.82, 2.24) is 25.3 Å². The zero-order chi connectivity index (χ0) is 28.4. The van der Waals surface area contributed by atoms with Crippen LogP contribution in [0, 0.1) is 0 Å². The number of hydrogen-bond acceptors (Lipinski definition) is 12. The quantitative estimate of drug-likeness (QED) is 0.100. The molecule has 1 aromatic heterocycles. The third kappa shape index (κ3) is 6.91. The summed E-state index contributed by atoms with van der Waals surface area (Å²) < 4.78 is 30.9. The molecular weight excluding hydrogens is 549 g/mol. The third-order valence-corrected chi connectivity index (χ3v) is 9.71. The number of aliphatic hydroxyl groups is 2. The molecule has 2 aliphatic heterocycles. The minimum atomic E-state index is -4.05.